The number of amides is 1. The lowest BCUT2D eigenvalue weighted by Gasteiger charge is -2.08. The van der Waals surface area contributed by atoms with Crippen LogP contribution in [-0.2, 0) is 0 Å². The van der Waals surface area contributed by atoms with Crippen LogP contribution in [0, 0.1) is 0 Å². The van der Waals surface area contributed by atoms with Crippen LogP contribution in [0.15, 0.2) is 23.6 Å². The average molecular weight is 278 g/mol. The molecule has 0 saturated carbocycles. The minimum atomic E-state index is -0.127. The molecule has 2 aromatic rings. The van der Waals surface area contributed by atoms with Gasteiger partial charge in [0.1, 0.15) is 0 Å². The molecule has 0 aliphatic rings. The number of aromatic amines is 1. The Morgan fingerprint density at radius 1 is 1.53 bits per heavy atom. The first-order chi connectivity index (χ1) is 9.16. The van der Waals surface area contributed by atoms with Crippen molar-refractivity contribution in [1.29, 1.82) is 0 Å². The highest BCUT2D eigenvalue weighted by Gasteiger charge is 2.11. The molecule has 2 rings (SSSR count). The van der Waals surface area contributed by atoms with Crippen LogP contribution in [0.25, 0.3) is 10.6 Å². The largest absolute Gasteiger partial charge is 0.351 e. The van der Waals surface area contributed by atoms with E-state index in [4.69, 9.17) is 0 Å². The van der Waals surface area contributed by atoms with Crippen molar-refractivity contribution in [3.8, 4) is 10.6 Å². The summed E-state index contributed by atoms with van der Waals surface area (Å²) in [7, 11) is 4.03. The van der Waals surface area contributed by atoms with E-state index in [2.05, 4.69) is 20.4 Å². The number of carbonyl (C=O) groups is 1. The third kappa shape index (κ3) is 3.90. The Bertz CT molecular complexity index is 518. The van der Waals surface area contributed by atoms with Gasteiger partial charge < -0.3 is 10.2 Å². The lowest BCUT2D eigenvalue weighted by Crippen LogP contribution is -2.27. The molecule has 0 fully saturated rings. The van der Waals surface area contributed by atoms with Crippen molar-refractivity contribution in [2.45, 2.75) is 6.42 Å². The van der Waals surface area contributed by atoms with E-state index >= 15 is 0 Å². The molecule has 5 nitrogen and oxygen atoms in total. The Balaban J connectivity index is 1.86. The molecular weight excluding hydrogens is 260 g/mol. The number of carbonyl (C=O) groups excluding carboxylic acids is 1. The van der Waals surface area contributed by atoms with Gasteiger partial charge in [0.25, 0.3) is 5.91 Å². The van der Waals surface area contributed by atoms with Crippen LogP contribution in [0.2, 0.25) is 0 Å². The number of hydrogen-bond donors (Lipinski definition) is 2. The number of hydrogen-bond acceptors (Lipinski definition) is 4. The molecule has 0 unspecified atom stereocenters. The molecular formula is C13H18N4OS. The number of aromatic nitrogens is 2. The molecule has 0 aliphatic heterocycles. The third-order valence-corrected chi connectivity index (χ3v) is 3.57. The Morgan fingerprint density at radius 3 is 3.05 bits per heavy atom. The number of nitrogens with zero attached hydrogens (tertiary/aromatic N) is 2. The maximum Gasteiger partial charge on any atom is 0.271 e. The lowest BCUT2D eigenvalue weighted by molar-refractivity contribution is 0.0947. The molecule has 6 heteroatoms. The van der Waals surface area contributed by atoms with Crippen molar-refractivity contribution < 1.29 is 4.79 Å². The zero-order valence-corrected chi connectivity index (χ0v) is 12.0. The van der Waals surface area contributed by atoms with Crippen LogP contribution in [0.1, 0.15) is 16.9 Å². The van der Waals surface area contributed by atoms with Gasteiger partial charge in [-0.1, -0.05) is 6.07 Å². The highest BCUT2D eigenvalue weighted by molar-refractivity contribution is 7.13. The van der Waals surface area contributed by atoms with Gasteiger partial charge in [0.15, 0.2) is 5.69 Å². The zero-order chi connectivity index (χ0) is 13.7. The second kappa shape index (κ2) is 6.49. The SMILES string of the molecule is CN(C)CCCNC(=O)c1cc(-c2cccs2)[nH]n1. The summed E-state index contributed by atoms with van der Waals surface area (Å²) in [4.78, 5) is 15.0. The molecule has 0 saturated heterocycles. The molecule has 0 aromatic carbocycles. The molecule has 2 N–H and O–H groups in total. The molecule has 0 aliphatic carbocycles. The number of thiophene rings is 1. The molecule has 0 spiro atoms. The number of H-pyrrole nitrogens is 1. The van der Waals surface area contributed by atoms with Gasteiger partial charge in [0.2, 0.25) is 0 Å². The van der Waals surface area contributed by atoms with E-state index < -0.39 is 0 Å². The summed E-state index contributed by atoms with van der Waals surface area (Å²) in [5.74, 6) is -0.127. The number of nitrogens with one attached hydrogen (secondary N) is 2. The smallest absolute Gasteiger partial charge is 0.271 e. The first kappa shape index (κ1) is 13.8. The highest BCUT2D eigenvalue weighted by atomic mass is 32.1. The summed E-state index contributed by atoms with van der Waals surface area (Å²) < 4.78 is 0. The van der Waals surface area contributed by atoms with Gasteiger partial charge in [-0.05, 0) is 44.6 Å². The summed E-state index contributed by atoms with van der Waals surface area (Å²) >= 11 is 1.62. The molecule has 19 heavy (non-hydrogen) atoms. The van der Waals surface area contributed by atoms with E-state index in [1.807, 2.05) is 31.6 Å². The second-order valence-corrected chi connectivity index (χ2v) is 5.50. The Kier molecular flexibility index (Phi) is 4.70. The number of rotatable bonds is 6. The monoisotopic (exact) mass is 278 g/mol. The van der Waals surface area contributed by atoms with Crippen molar-refractivity contribution in [3.05, 3.63) is 29.3 Å². The highest BCUT2D eigenvalue weighted by Crippen LogP contribution is 2.22. The fraction of sp³-hybridized carbons (Fsp3) is 0.385. The topological polar surface area (TPSA) is 61.0 Å². The van der Waals surface area contributed by atoms with Crippen LogP contribution in [0.4, 0.5) is 0 Å². The third-order valence-electron chi connectivity index (χ3n) is 2.66. The maximum atomic E-state index is 11.9. The van der Waals surface area contributed by atoms with E-state index in [1.54, 1.807) is 17.4 Å². The van der Waals surface area contributed by atoms with E-state index in [0.717, 1.165) is 23.5 Å². The van der Waals surface area contributed by atoms with E-state index in [9.17, 15) is 4.79 Å². The van der Waals surface area contributed by atoms with Gasteiger partial charge in [-0.3, -0.25) is 9.89 Å². The first-order valence-corrected chi connectivity index (χ1v) is 7.07. The standard InChI is InChI=1S/C13H18N4OS/c1-17(2)7-4-6-14-13(18)11-9-10(15-16-11)12-5-3-8-19-12/h3,5,8-9H,4,6-7H2,1-2H3,(H,14,18)(H,15,16). The van der Waals surface area contributed by atoms with Gasteiger partial charge in [0, 0.05) is 6.54 Å². The van der Waals surface area contributed by atoms with Gasteiger partial charge in [-0.2, -0.15) is 5.10 Å². The minimum absolute atomic E-state index is 0.127. The average Bonchev–Trinajstić information content (AvgIpc) is 3.03. The summed E-state index contributed by atoms with van der Waals surface area (Å²) in [6.45, 7) is 1.62. The van der Waals surface area contributed by atoms with Crippen LogP contribution >= 0.6 is 11.3 Å². The predicted octanol–water partition coefficient (Wildman–Crippen LogP) is 1.82. The van der Waals surface area contributed by atoms with E-state index in [1.165, 1.54) is 0 Å². The summed E-state index contributed by atoms with van der Waals surface area (Å²) in [5, 5.41) is 11.8. The van der Waals surface area contributed by atoms with Crippen molar-refractivity contribution in [3.63, 3.8) is 0 Å². The van der Waals surface area contributed by atoms with Crippen molar-refractivity contribution in [1.82, 2.24) is 20.4 Å². The van der Waals surface area contributed by atoms with Gasteiger partial charge >= 0.3 is 0 Å². The maximum absolute atomic E-state index is 11.9. The molecule has 0 atom stereocenters. The van der Waals surface area contributed by atoms with E-state index in [0.29, 0.717) is 12.2 Å². The minimum Gasteiger partial charge on any atom is -0.351 e. The quantitative estimate of drug-likeness (QED) is 0.792. The normalized spacial score (nSPS) is 10.9. The van der Waals surface area contributed by atoms with Gasteiger partial charge in [0.05, 0.1) is 10.6 Å². The van der Waals surface area contributed by atoms with Gasteiger partial charge in [-0.25, -0.2) is 0 Å². The van der Waals surface area contributed by atoms with Crippen LogP contribution in [0.3, 0.4) is 0 Å². The summed E-state index contributed by atoms with van der Waals surface area (Å²) in [6, 6.07) is 5.76. The molecule has 0 bridgehead atoms. The fourth-order valence-electron chi connectivity index (χ4n) is 1.68. The Labute approximate surface area is 116 Å². The molecule has 2 aromatic heterocycles. The van der Waals surface area contributed by atoms with Crippen molar-refractivity contribution in [2.24, 2.45) is 0 Å². The van der Waals surface area contributed by atoms with Crippen LogP contribution in [-0.4, -0.2) is 48.2 Å². The molecule has 0 radical (unpaired) electrons. The van der Waals surface area contributed by atoms with Crippen LogP contribution in [0.5, 0.6) is 0 Å². The molecule has 102 valence electrons. The Morgan fingerprint density at radius 2 is 2.37 bits per heavy atom. The molecule has 2 heterocycles. The Hall–Kier alpha value is -1.66. The molecule has 1 amide bonds. The van der Waals surface area contributed by atoms with E-state index in [-0.39, 0.29) is 5.91 Å². The van der Waals surface area contributed by atoms with Crippen LogP contribution < -0.4 is 5.32 Å². The fourth-order valence-corrected chi connectivity index (χ4v) is 2.38. The van der Waals surface area contributed by atoms with Crippen molar-refractivity contribution in [2.75, 3.05) is 27.2 Å². The summed E-state index contributed by atoms with van der Waals surface area (Å²) in [6.07, 6.45) is 0.931. The van der Waals surface area contributed by atoms with Gasteiger partial charge in [-0.15, -0.1) is 11.3 Å². The lowest BCUT2D eigenvalue weighted by atomic mass is 10.3. The second-order valence-electron chi connectivity index (χ2n) is 4.56. The first-order valence-electron chi connectivity index (χ1n) is 6.19. The predicted molar refractivity (Wildman–Crippen MR) is 77.4 cm³/mol. The summed E-state index contributed by atoms with van der Waals surface area (Å²) in [5.41, 5.74) is 1.32. The zero-order valence-electron chi connectivity index (χ0n) is 11.1. The van der Waals surface area contributed by atoms with Crippen molar-refractivity contribution >= 4 is 17.2 Å².